The summed E-state index contributed by atoms with van der Waals surface area (Å²) in [6, 6.07) is 19.6. The molecular weight excluding hydrogens is 504 g/mol. The number of aromatic nitrogens is 2. The molecular formula is C32H34N4O4. The van der Waals surface area contributed by atoms with Crippen LogP contribution in [0, 0.1) is 0 Å². The number of Topliss-reactive ketones (excluding diaryl/α,β-unsaturated/α-hetero) is 1. The van der Waals surface area contributed by atoms with E-state index in [-0.39, 0.29) is 23.2 Å². The number of hydrogen-bond acceptors (Lipinski definition) is 6. The molecule has 206 valence electrons. The van der Waals surface area contributed by atoms with Crippen molar-refractivity contribution in [3.05, 3.63) is 89.0 Å². The van der Waals surface area contributed by atoms with Crippen molar-refractivity contribution in [3.63, 3.8) is 0 Å². The maximum Gasteiger partial charge on any atom is 0.302 e. The molecule has 40 heavy (non-hydrogen) atoms. The SMILES string of the molecule is CCN(CC)c1ccc(C2/C(=C(\O)c3ccc(OC)c(C(C)C)c3)C(=O)C(=O)N2c2nc3ccccc3[nH]2)cc1. The molecule has 1 atom stereocenters. The Kier molecular flexibility index (Phi) is 7.34. The highest BCUT2D eigenvalue weighted by molar-refractivity contribution is 6.51. The largest absolute Gasteiger partial charge is 0.507 e. The first-order valence-corrected chi connectivity index (χ1v) is 13.6. The second-order valence-corrected chi connectivity index (χ2v) is 10.1. The molecule has 1 aliphatic heterocycles. The summed E-state index contributed by atoms with van der Waals surface area (Å²) in [5.74, 6) is -0.701. The Morgan fingerprint density at radius 1 is 1.05 bits per heavy atom. The minimum Gasteiger partial charge on any atom is -0.507 e. The number of imidazole rings is 1. The van der Waals surface area contributed by atoms with Gasteiger partial charge in [0.2, 0.25) is 5.95 Å². The van der Waals surface area contributed by atoms with Gasteiger partial charge in [0.1, 0.15) is 11.5 Å². The molecule has 0 radical (unpaired) electrons. The van der Waals surface area contributed by atoms with Crippen LogP contribution in [0.15, 0.2) is 72.3 Å². The number of hydrogen-bond donors (Lipinski definition) is 2. The number of methoxy groups -OCH3 is 1. The Labute approximate surface area is 233 Å². The molecule has 8 nitrogen and oxygen atoms in total. The molecule has 0 saturated carbocycles. The number of rotatable bonds is 8. The third-order valence-electron chi connectivity index (χ3n) is 7.51. The van der Waals surface area contributed by atoms with Gasteiger partial charge in [0, 0.05) is 24.3 Å². The van der Waals surface area contributed by atoms with Crippen LogP contribution in [0.2, 0.25) is 0 Å². The topological polar surface area (TPSA) is 98.8 Å². The summed E-state index contributed by atoms with van der Waals surface area (Å²) in [5.41, 5.74) is 4.48. The van der Waals surface area contributed by atoms with Crippen LogP contribution in [0.4, 0.5) is 11.6 Å². The van der Waals surface area contributed by atoms with E-state index in [1.807, 2.05) is 68.4 Å². The molecule has 3 aromatic carbocycles. The summed E-state index contributed by atoms with van der Waals surface area (Å²) in [5, 5.41) is 11.6. The molecule has 1 saturated heterocycles. The number of nitrogens with one attached hydrogen (secondary N) is 1. The van der Waals surface area contributed by atoms with Crippen LogP contribution in [0.5, 0.6) is 5.75 Å². The number of amides is 1. The van der Waals surface area contributed by atoms with Gasteiger partial charge in [-0.05, 0) is 73.4 Å². The van der Waals surface area contributed by atoms with Gasteiger partial charge in [-0.15, -0.1) is 0 Å². The molecule has 5 rings (SSSR count). The summed E-state index contributed by atoms with van der Waals surface area (Å²) < 4.78 is 5.50. The highest BCUT2D eigenvalue weighted by Crippen LogP contribution is 2.42. The van der Waals surface area contributed by atoms with E-state index in [0.717, 1.165) is 29.9 Å². The number of nitrogens with zero attached hydrogens (tertiary/aromatic N) is 3. The number of para-hydroxylation sites is 2. The van der Waals surface area contributed by atoms with Gasteiger partial charge in [-0.3, -0.25) is 14.5 Å². The van der Waals surface area contributed by atoms with Crippen LogP contribution in [0.1, 0.15) is 56.3 Å². The number of anilines is 2. The van der Waals surface area contributed by atoms with E-state index in [4.69, 9.17) is 4.74 Å². The molecule has 1 aliphatic rings. The molecule has 4 aromatic rings. The number of aromatic amines is 1. The van der Waals surface area contributed by atoms with E-state index < -0.39 is 17.7 Å². The minimum atomic E-state index is -0.879. The van der Waals surface area contributed by atoms with Gasteiger partial charge in [-0.1, -0.05) is 38.1 Å². The third kappa shape index (κ3) is 4.59. The smallest absolute Gasteiger partial charge is 0.302 e. The number of carbonyl (C=O) groups excluding carboxylic acids is 2. The van der Waals surface area contributed by atoms with E-state index in [9.17, 15) is 14.7 Å². The molecule has 2 N–H and O–H groups in total. The zero-order chi connectivity index (χ0) is 28.6. The first kappa shape index (κ1) is 27.0. The predicted octanol–water partition coefficient (Wildman–Crippen LogP) is 6.17. The molecule has 1 aromatic heterocycles. The fraction of sp³-hybridized carbons (Fsp3) is 0.281. The fourth-order valence-electron chi connectivity index (χ4n) is 5.36. The van der Waals surface area contributed by atoms with E-state index in [1.54, 1.807) is 19.2 Å². The number of ketones is 1. The monoisotopic (exact) mass is 538 g/mol. The Morgan fingerprint density at radius 2 is 1.75 bits per heavy atom. The van der Waals surface area contributed by atoms with E-state index in [1.165, 1.54) is 4.90 Å². The Hall–Kier alpha value is -4.59. The van der Waals surface area contributed by atoms with Crippen molar-refractivity contribution < 1.29 is 19.4 Å². The van der Waals surface area contributed by atoms with Gasteiger partial charge in [0.15, 0.2) is 0 Å². The van der Waals surface area contributed by atoms with E-state index >= 15 is 0 Å². The Balaban J connectivity index is 1.70. The highest BCUT2D eigenvalue weighted by Gasteiger charge is 2.48. The number of carbonyl (C=O) groups is 2. The van der Waals surface area contributed by atoms with Crippen LogP contribution < -0.4 is 14.5 Å². The van der Waals surface area contributed by atoms with Gasteiger partial charge in [0.05, 0.1) is 29.8 Å². The van der Waals surface area contributed by atoms with Crippen molar-refractivity contribution >= 4 is 40.1 Å². The molecule has 1 amide bonds. The molecule has 2 heterocycles. The van der Waals surface area contributed by atoms with Crippen LogP contribution in [0.3, 0.4) is 0 Å². The lowest BCUT2D eigenvalue weighted by Gasteiger charge is -2.25. The number of fused-ring (bicyclic) bond motifs is 1. The quantitative estimate of drug-likeness (QED) is 0.158. The maximum atomic E-state index is 13.6. The summed E-state index contributed by atoms with van der Waals surface area (Å²) in [6.45, 7) is 9.94. The molecule has 1 unspecified atom stereocenters. The van der Waals surface area contributed by atoms with Crippen molar-refractivity contribution in [1.82, 2.24) is 9.97 Å². The van der Waals surface area contributed by atoms with Crippen molar-refractivity contribution in [2.75, 3.05) is 30.0 Å². The molecule has 0 aliphatic carbocycles. The van der Waals surface area contributed by atoms with Crippen molar-refractivity contribution in [1.29, 1.82) is 0 Å². The number of aliphatic hydroxyl groups is 1. The van der Waals surface area contributed by atoms with Gasteiger partial charge in [-0.2, -0.15) is 0 Å². The van der Waals surface area contributed by atoms with Gasteiger partial charge >= 0.3 is 5.91 Å². The number of H-pyrrole nitrogens is 1. The first-order chi connectivity index (χ1) is 19.3. The Morgan fingerprint density at radius 3 is 2.38 bits per heavy atom. The first-order valence-electron chi connectivity index (χ1n) is 13.6. The summed E-state index contributed by atoms with van der Waals surface area (Å²) in [4.78, 5) is 38.6. The zero-order valence-corrected chi connectivity index (χ0v) is 23.4. The third-order valence-corrected chi connectivity index (χ3v) is 7.51. The van der Waals surface area contributed by atoms with Crippen LogP contribution in [-0.4, -0.2) is 47.0 Å². The van der Waals surface area contributed by atoms with E-state index in [2.05, 4.69) is 28.7 Å². The number of benzene rings is 3. The average Bonchev–Trinajstić information content (AvgIpc) is 3.51. The normalized spacial score (nSPS) is 16.8. The Bertz CT molecular complexity index is 1570. The lowest BCUT2D eigenvalue weighted by atomic mass is 9.93. The van der Waals surface area contributed by atoms with Crippen LogP contribution in [-0.2, 0) is 9.59 Å². The molecule has 0 bridgehead atoms. The summed E-state index contributed by atoms with van der Waals surface area (Å²) in [6.07, 6.45) is 0. The standard InChI is InChI=1S/C32H34N4O4/c1-6-35(7-2)22-15-12-20(13-16-22)28-27(29(37)21-14-17-26(40-5)23(18-21)19(3)4)30(38)31(39)36(28)32-33-24-10-8-9-11-25(24)34-32/h8-19,28,37H,6-7H2,1-5H3,(H,33,34)/b29-27+. The number of ether oxygens (including phenoxy) is 1. The number of aliphatic hydroxyl groups excluding tert-OH is 1. The van der Waals surface area contributed by atoms with Crippen molar-refractivity contribution in [2.24, 2.45) is 0 Å². The predicted molar refractivity (Wildman–Crippen MR) is 158 cm³/mol. The molecule has 8 heteroatoms. The second-order valence-electron chi connectivity index (χ2n) is 10.1. The maximum absolute atomic E-state index is 13.6. The summed E-state index contributed by atoms with van der Waals surface area (Å²) >= 11 is 0. The average molecular weight is 539 g/mol. The fourth-order valence-corrected chi connectivity index (χ4v) is 5.36. The van der Waals surface area contributed by atoms with Gasteiger partial charge < -0.3 is 19.7 Å². The van der Waals surface area contributed by atoms with Crippen LogP contribution in [0.25, 0.3) is 16.8 Å². The minimum absolute atomic E-state index is 0.0147. The molecule has 1 fully saturated rings. The molecule has 0 spiro atoms. The lowest BCUT2D eigenvalue weighted by Crippen LogP contribution is -2.30. The van der Waals surface area contributed by atoms with Gasteiger partial charge in [0.25, 0.3) is 5.78 Å². The lowest BCUT2D eigenvalue weighted by molar-refractivity contribution is -0.132. The summed E-state index contributed by atoms with van der Waals surface area (Å²) in [7, 11) is 1.60. The van der Waals surface area contributed by atoms with E-state index in [0.29, 0.717) is 22.4 Å². The zero-order valence-electron chi connectivity index (χ0n) is 23.4. The van der Waals surface area contributed by atoms with Crippen molar-refractivity contribution in [2.45, 2.75) is 39.7 Å². The van der Waals surface area contributed by atoms with Crippen molar-refractivity contribution in [3.8, 4) is 5.75 Å². The van der Waals surface area contributed by atoms with Gasteiger partial charge in [-0.25, -0.2) is 4.98 Å². The highest BCUT2D eigenvalue weighted by atomic mass is 16.5. The van der Waals surface area contributed by atoms with Crippen LogP contribution >= 0.6 is 0 Å². The second kappa shape index (κ2) is 10.9.